The van der Waals surface area contributed by atoms with Crippen molar-refractivity contribution in [2.24, 2.45) is 11.5 Å². The number of nitrogens with two attached hydrogens (primary N) is 2. The van der Waals surface area contributed by atoms with Gasteiger partial charge in [0.2, 0.25) is 11.8 Å². The minimum absolute atomic E-state index is 0.0896. The summed E-state index contributed by atoms with van der Waals surface area (Å²) in [4.78, 5) is 44.4. The van der Waals surface area contributed by atoms with Crippen LogP contribution in [0.4, 0.5) is 22.7 Å². The van der Waals surface area contributed by atoms with Crippen LogP contribution in [-0.4, -0.2) is 45.3 Å². The molecule has 2 aromatic carbocycles. The maximum Gasteiger partial charge on any atom is 0.269 e. The molecule has 0 radical (unpaired) electrons. The molecule has 14 heteroatoms. The number of nitro benzene ring substituents is 2. The first-order chi connectivity index (χ1) is 15.2. The second-order valence-electron chi connectivity index (χ2n) is 6.37. The van der Waals surface area contributed by atoms with Crippen molar-refractivity contribution in [2.45, 2.75) is 12.1 Å². The molecule has 0 aliphatic heterocycles. The first-order valence-corrected chi connectivity index (χ1v) is 11.5. The monoisotopic (exact) mass is 480 g/mol. The lowest BCUT2D eigenvalue weighted by Crippen LogP contribution is -2.38. The Kier molecular flexibility index (Phi) is 9.39. The normalized spacial score (nSPS) is 12.4. The van der Waals surface area contributed by atoms with Crippen LogP contribution >= 0.6 is 21.6 Å². The second-order valence-corrected chi connectivity index (χ2v) is 8.92. The Morgan fingerprint density at radius 2 is 1.06 bits per heavy atom. The van der Waals surface area contributed by atoms with Gasteiger partial charge in [0.05, 0.1) is 21.9 Å². The van der Waals surface area contributed by atoms with Crippen LogP contribution in [0.25, 0.3) is 0 Å². The van der Waals surface area contributed by atoms with E-state index < -0.39 is 33.7 Å². The van der Waals surface area contributed by atoms with Crippen LogP contribution in [0.3, 0.4) is 0 Å². The van der Waals surface area contributed by atoms with E-state index >= 15 is 0 Å². The maximum atomic E-state index is 12.1. The molecular weight excluding hydrogens is 460 g/mol. The van der Waals surface area contributed by atoms with Gasteiger partial charge in [-0.05, 0) is 24.3 Å². The molecule has 32 heavy (non-hydrogen) atoms. The largest absolute Gasteiger partial charge is 0.325 e. The van der Waals surface area contributed by atoms with E-state index in [2.05, 4.69) is 10.6 Å². The number of nitrogens with one attached hydrogen (secondary N) is 2. The second kappa shape index (κ2) is 12.0. The number of amides is 2. The van der Waals surface area contributed by atoms with Gasteiger partial charge in [0.25, 0.3) is 11.4 Å². The molecule has 0 bridgehead atoms. The number of rotatable bonds is 11. The number of benzene rings is 2. The topological polar surface area (TPSA) is 197 Å². The molecule has 0 aliphatic rings. The van der Waals surface area contributed by atoms with Crippen molar-refractivity contribution in [1.82, 2.24) is 0 Å². The molecule has 0 saturated carbocycles. The molecule has 1 unspecified atom stereocenters. The zero-order chi connectivity index (χ0) is 23.7. The van der Waals surface area contributed by atoms with Crippen molar-refractivity contribution >= 4 is 56.2 Å². The lowest BCUT2D eigenvalue weighted by atomic mass is 10.2. The average Bonchev–Trinajstić information content (AvgIpc) is 2.77. The first-order valence-electron chi connectivity index (χ1n) is 9.03. The van der Waals surface area contributed by atoms with Crippen LogP contribution in [-0.2, 0) is 9.59 Å². The van der Waals surface area contributed by atoms with Crippen LogP contribution in [0.1, 0.15) is 0 Å². The van der Waals surface area contributed by atoms with Gasteiger partial charge in [0.1, 0.15) is 0 Å². The molecule has 0 fully saturated rings. The fraction of sp³-hybridized carbons (Fsp3) is 0.222. The Morgan fingerprint density at radius 1 is 0.750 bits per heavy atom. The Balaban J connectivity index is 1.69. The number of carbonyl (C=O) groups excluding carboxylic acids is 2. The molecular formula is C18H20N6O6S2. The zero-order valence-corrected chi connectivity index (χ0v) is 18.1. The lowest BCUT2D eigenvalue weighted by molar-refractivity contribution is -0.385. The zero-order valence-electron chi connectivity index (χ0n) is 16.5. The predicted molar refractivity (Wildman–Crippen MR) is 124 cm³/mol. The number of carbonyl (C=O) groups is 2. The van der Waals surface area contributed by atoms with Crippen molar-refractivity contribution in [2.75, 3.05) is 22.1 Å². The van der Waals surface area contributed by atoms with E-state index in [4.69, 9.17) is 11.5 Å². The van der Waals surface area contributed by atoms with Gasteiger partial charge in [-0.2, -0.15) is 0 Å². The minimum Gasteiger partial charge on any atom is -0.325 e. The third-order valence-electron chi connectivity index (χ3n) is 3.94. The van der Waals surface area contributed by atoms with Gasteiger partial charge in [-0.3, -0.25) is 29.8 Å². The minimum atomic E-state index is -0.840. The van der Waals surface area contributed by atoms with Gasteiger partial charge in [-0.25, -0.2) is 0 Å². The fourth-order valence-electron chi connectivity index (χ4n) is 2.20. The maximum absolute atomic E-state index is 12.1. The molecule has 170 valence electrons. The number of hydrogen-bond acceptors (Lipinski definition) is 10. The molecule has 6 N–H and O–H groups in total. The summed E-state index contributed by atoms with van der Waals surface area (Å²) >= 11 is 0. The summed E-state index contributed by atoms with van der Waals surface area (Å²) in [5.74, 6) is -0.403. The van der Waals surface area contributed by atoms with E-state index in [0.29, 0.717) is 11.4 Å². The molecule has 2 rings (SSSR count). The summed E-state index contributed by atoms with van der Waals surface area (Å²) in [7, 11) is 2.54. The van der Waals surface area contributed by atoms with Crippen LogP contribution in [0, 0.1) is 20.2 Å². The lowest BCUT2D eigenvalue weighted by Gasteiger charge is -2.13. The number of hydrogen-bond donors (Lipinski definition) is 4. The van der Waals surface area contributed by atoms with Gasteiger partial charge in [-0.1, -0.05) is 21.6 Å². The molecule has 0 saturated heterocycles. The van der Waals surface area contributed by atoms with E-state index in [0.717, 1.165) is 0 Å². The highest BCUT2D eigenvalue weighted by atomic mass is 33.1. The molecule has 12 nitrogen and oxygen atoms in total. The Labute approximate surface area is 190 Å². The van der Waals surface area contributed by atoms with Crippen LogP contribution < -0.4 is 22.1 Å². The molecule has 0 spiro atoms. The van der Waals surface area contributed by atoms with Crippen molar-refractivity contribution in [3.05, 3.63) is 68.8 Å². The Hall–Kier alpha value is -3.20. The summed E-state index contributed by atoms with van der Waals surface area (Å²) in [6.45, 7) is 0. The highest BCUT2D eigenvalue weighted by molar-refractivity contribution is 8.76. The number of anilines is 2. The summed E-state index contributed by atoms with van der Waals surface area (Å²) in [5.41, 5.74) is 12.3. The smallest absolute Gasteiger partial charge is 0.269 e. The van der Waals surface area contributed by atoms with Gasteiger partial charge in [0, 0.05) is 47.1 Å². The number of non-ortho nitro benzene ring substituents is 2. The summed E-state index contributed by atoms with van der Waals surface area (Å²) in [6.07, 6.45) is 0. The van der Waals surface area contributed by atoms with E-state index in [1.165, 1.54) is 70.1 Å². The van der Waals surface area contributed by atoms with Crippen molar-refractivity contribution < 1.29 is 19.4 Å². The molecule has 0 heterocycles. The Morgan fingerprint density at radius 3 is 1.34 bits per heavy atom. The standard InChI is InChI=1S/C18H20N6O6S2/c19-15(17(25)21-11-1-5-13(6-2-11)23(27)28)9-31-32-10-16(20)18(26)22-12-3-7-14(8-4-12)24(29)30/h1-8,15-16H,9-10,19-20H2,(H,21,25)(H,22,26)/t15-,16?/m0/s1. The van der Waals surface area contributed by atoms with E-state index in [9.17, 15) is 29.8 Å². The third kappa shape index (κ3) is 7.81. The van der Waals surface area contributed by atoms with Crippen LogP contribution in [0.2, 0.25) is 0 Å². The van der Waals surface area contributed by atoms with E-state index in [1.54, 1.807) is 0 Å². The van der Waals surface area contributed by atoms with Crippen LogP contribution in [0.15, 0.2) is 48.5 Å². The van der Waals surface area contributed by atoms with Gasteiger partial charge < -0.3 is 22.1 Å². The average molecular weight is 481 g/mol. The van der Waals surface area contributed by atoms with E-state index in [-0.39, 0.29) is 22.9 Å². The number of nitro groups is 2. The molecule has 0 aromatic heterocycles. The van der Waals surface area contributed by atoms with E-state index in [1.807, 2.05) is 0 Å². The molecule has 2 atom stereocenters. The Bertz CT molecular complexity index is 893. The highest BCUT2D eigenvalue weighted by Gasteiger charge is 2.17. The quantitative estimate of drug-likeness (QED) is 0.160. The highest BCUT2D eigenvalue weighted by Crippen LogP contribution is 2.23. The van der Waals surface area contributed by atoms with Gasteiger partial charge in [-0.15, -0.1) is 0 Å². The first kappa shape index (κ1) is 25.1. The van der Waals surface area contributed by atoms with Gasteiger partial charge >= 0.3 is 0 Å². The van der Waals surface area contributed by atoms with Crippen molar-refractivity contribution in [3.63, 3.8) is 0 Å². The third-order valence-corrected chi connectivity index (χ3v) is 6.42. The van der Waals surface area contributed by atoms with Gasteiger partial charge in [0.15, 0.2) is 0 Å². The van der Waals surface area contributed by atoms with Crippen molar-refractivity contribution in [3.8, 4) is 0 Å². The number of nitrogens with zero attached hydrogens (tertiary/aromatic N) is 2. The summed E-state index contributed by atoms with van der Waals surface area (Å²) in [5, 5.41) is 26.4. The molecule has 0 aliphatic carbocycles. The predicted octanol–water partition coefficient (Wildman–Crippen LogP) is 2.12. The molecule has 2 aromatic rings. The van der Waals surface area contributed by atoms with Crippen molar-refractivity contribution in [1.29, 1.82) is 0 Å². The summed E-state index contributed by atoms with van der Waals surface area (Å²) < 4.78 is 0. The molecule has 2 amide bonds. The van der Waals surface area contributed by atoms with Crippen LogP contribution in [0.5, 0.6) is 0 Å². The SMILES string of the molecule is NC(CSSC[C@H](N)C(=O)Nc1ccc([N+](=O)[O-])cc1)C(=O)Nc1ccc([N+](=O)[O-])cc1. The summed E-state index contributed by atoms with van der Waals surface area (Å²) in [6, 6.07) is 9.05. The fourth-order valence-corrected chi connectivity index (χ4v) is 4.44.